The van der Waals surface area contributed by atoms with Crippen molar-refractivity contribution >= 4 is 5.91 Å². The van der Waals surface area contributed by atoms with Gasteiger partial charge in [-0.1, -0.05) is 12.1 Å². The fraction of sp³-hybridized carbons (Fsp3) is 0.455. The molecule has 4 rings (SSSR count). The molecule has 3 N–H and O–H groups in total. The van der Waals surface area contributed by atoms with Crippen LogP contribution in [0.15, 0.2) is 48.8 Å². The first-order valence-corrected chi connectivity index (χ1v) is 10.3. The van der Waals surface area contributed by atoms with E-state index >= 15 is 0 Å². The number of nitrogens with one attached hydrogen (secondary N) is 3. The number of hydrazine groups is 1. The number of hydrogen-bond acceptors (Lipinski definition) is 6. The summed E-state index contributed by atoms with van der Waals surface area (Å²) in [5.41, 5.74) is 8.70. The van der Waals surface area contributed by atoms with Gasteiger partial charge in [-0.3, -0.25) is 14.7 Å². The highest BCUT2D eigenvalue weighted by molar-refractivity contribution is 5.94. The van der Waals surface area contributed by atoms with Gasteiger partial charge < -0.3 is 10.1 Å². The number of hydrogen-bond donors (Lipinski definition) is 3. The van der Waals surface area contributed by atoms with E-state index in [-0.39, 0.29) is 5.91 Å². The molecule has 7 heteroatoms. The molecule has 29 heavy (non-hydrogen) atoms. The Bertz CT molecular complexity index is 808. The van der Waals surface area contributed by atoms with E-state index in [0.717, 1.165) is 38.9 Å². The Hall–Kier alpha value is -2.48. The van der Waals surface area contributed by atoms with Crippen molar-refractivity contribution in [2.45, 2.75) is 31.5 Å². The van der Waals surface area contributed by atoms with Gasteiger partial charge in [0, 0.05) is 24.5 Å². The lowest BCUT2D eigenvalue weighted by atomic mass is 9.95. The zero-order valence-electron chi connectivity index (χ0n) is 16.8. The average molecular weight is 396 g/mol. The summed E-state index contributed by atoms with van der Waals surface area (Å²) < 4.78 is 5.20. The van der Waals surface area contributed by atoms with Gasteiger partial charge in [-0.25, -0.2) is 10.9 Å². The van der Waals surface area contributed by atoms with Crippen molar-refractivity contribution in [1.29, 1.82) is 0 Å². The number of nitrogens with zero attached hydrogens (tertiary/aromatic N) is 2. The molecule has 1 aromatic carbocycles. The molecule has 0 bridgehead atoms. The fourth-order valence-corrected chi connectivity index (χ4v) is 4.15. The predicted molar refractivity (Wildman–Crippen MR) is 111 cm³/mol. The highest BCUT2D eigenvalue weighted by atomic mass is 16.5. The van der Waals surface area contributed by atoms with Gasteiger partial charge >= 0.3 is 0 Å². The second-order valence-electron chi connectivity index (χ2n) is 7.80. The van der Waals surface area contributed by atoms with Crippen molar-refractivity contribution in [3.05, 3.63) is 59.9 Å². The van der Waals surface area contributed by atoms with Crippen molar-refractivity contribution in [2.75, 3.05) is 26.7 Å². The van der Waals surface area contributed by atoms with Gasteiger partial charge in [0.15, 0.2) is 0 Å². The Kier molecular flexibility index (Phi) is 6.39. The number of likely N-dealkylation sites (tertiary alicyclic amines) is 1. The molecule has 1 aromatic heterocycles. The molecule has 2 aliphatic rings. The lowest BCUT2D eigenvalue weighted by molar-refractivity contribution is 0.0914. The largest absolute Gasteiger partial charge is 0.497 e. The van der Waals surface area contributed by atoms with E-state index in [0.29, 0.717) is 29.4 Å². The molecule has 0 saturated carbocycles. The Morgan fingerprint density at radius 3 is 2.86 bits per heavy atom. The minimum absolute atomic E-state index is 0.0349. The van der Waals surface area contributed by atoms with E-state index in [1.165, 1.54) is 5.56 Å². The second-order valence-corrected chi connectivity index (χ2v) is 7.80. The number of benzene rings is 1. The minimum atomic E-state index is -0.0349. The van der Waals surface area contributed by atoms with Crippen LogP contribution in [-0.4, -0.2) is 48.7 Å². The van der Waals surface area contributed by atoms with Crippen LogP contribution in [-0.2, 0) is 0 Å². The molecular weight excluding hydrogens is 366 g/mol. The third kappa shape index (κ3) is 4.93. The molecule has 2 aliphatic heterocycles. The molecule has 0 aliphatic carbocycles. The predicted octanol–water partition coefficient (Wildman–Crippen LogP) is 2.10. The van der Waals surface area contributed by atoms with Crippen LogP contribution in [0.4, 0.5) is 0 Å². The smallest absolute Gasteiger partial charge is 0.251 e. The van der Waals surface area contributed by atoms with Gasteiger partial charge in [0.2, 0.25) is 0 Å². The molecule has 2 saturated heterocycles. The molecule has 2 fully saturated rings. The molecule has 1 amide bonds. The molecule has 3 heterocycles. The second kappa shape index (κ2) is 9.35. The monoisotopic (exact) mass is 395 g/mol. The Morgan fingerprint density at radius 2 is 2.10 bits per heavy atom. The number of methoxy groups -OCH3 is 1. The van der Waals surface area contributed by atoms with Gasteiger partial charge in [0.1, 0.15) is 5.75 Å². The lowest BCUT2D eigenvalue weighted by Gasteiger charge is -2.35. The summed E-state index contributed by atoms with van der Waals surface area (Å²) in [4.78, 5) is 19.1. The number of carbonyl (C=O) groups excluding carboxylic acids is 1. The average Bonchev–Trinajstić information content (AvgIpc) is 3.29. The minimum Gasteiger partial charge on any atom is -0.497 e. The number of amides is 1. The maximum atomic E-state index is 12.4. The number of pyridine rings is 1. The maximum absolute atomic E-state index is 12.4. The van der Waals surface area contributed by atoms with Gasteiger partial charge in [-0.15, -0.1) is 0 Å². The summed E-state index contributed by atoms with van der Waals surface area (Å²) in [7, 11) is 1.61. The van der Waals surface area contributed by atoms with Gasteiger partial charge in [0.25, 0.3) is 5.91 Å². The van der Waals surface area contributed by atoms with E-state index < -0.39 is 0 Å². The quantitative estimate of drug-likeness (QED) is 0.695. The standard InChI is InChI=1S/C22H29N5O2/c1-29-19-6-2-4-17(12-19)22(28)24-14-16-7-10-27(11-8-16)21-13-20(25-26-21)18-5-3-9-23-15-18/h2-6,9,12,15-16,20-21,25-26H,7-8,10-11,13-14H2,1H3,(H,24,28). The normalized spacial score (nSPS) is 23.1. The van der Waals surface area contributed by atoms with E-state index in [1.807, 2.05) is 30.5 Å². The number of piperidine rings is 1. The Morgan fingerprint density at radius 1 is 1.24 bits per heavy atom. The van der Waals surface area contributed by atoms with Gasteiger partial charge in [-0.05, 0) is 68.1 Å². The van der Waals surface area contributed by atoms with Crippen LogP contribution in [0.2, 0.25) is 0 Å². The zero-order valence-corrected chi connectivity index (χ0v) is 16.8. The molecular formula is C22H29N5O2. The number of carbonyl (C=O) groups is 1. The van der Waals surface area contributed by atoms with Gasteiger partial charge in [0.05, 0.1) is 19.3 Å². The van der Waals surface area contributed by atoms with Crippen LogP contribution in [0, 0.1) is 5.92 Å². The van der Waals surface area contributed by atoms with Crippen LogP contribution >= 0.6 is 0 Å². The van der Waals surface area contributed by atoms with Crippen molar-refractivity contribution in [2.24, 2.45) is 5.92 Å². The van der Waals surface area contributed by atoms with E-state index in [4.69, 9.17) is 4.74 Å². The van der Waals surface area contributed by atoms with E-state index in [2.05, 4.69) is 32.1 Å². The van der Waals surface area contributed by atoms with Crippen molar-refractivity contribution in [1.82, 2.24) is 26.1 Å². The molecule has 7 nitrogen and oxygen atoms in total. The van der Waals surface area contributed by atoms with Crippen molar-refractivity contribution < 1.29 is 9.53 Å². The first-order valence-electron chi connectivity index (χ1n) is 10.3. The first kappa shape index (κ1) is 19.8. The summed E-state index contributed by atoms with van der Waals surface area (Å²) in [5.74, 6) is 1.19. The summed E-state index contributed by atoms with van der Waals surface area (Å²) in [6.07, 6.45) is 7.29. The summed E-state index contributed by atoms with van der Waals surface area (Å²) in [6, 6.07) is 11.7. The third-order valence-corrected chi connectivity index (χ3v) is 5.94. The number of ether oxygens (including phenoxy) is 1. The van der Waals surface area contributed by atoms with Crippen molar-refractivity contribution in [3.8, 4) is 5.75 Å². The highest BCUT2D eigenvalue weighted by Gasteiger charge is 2.32. The molecule has 2 atom stereocenters. The van der Waals surface area contributed by atoms with Crippen LogP contribution in [0.25, 0.3) is 0 Å². The molecule has 0 spiro atoms. The van der Waals surface area contributed by atoms with Crippen LogP contribution in [0.5, 0.6) is 5.75 Å². The Labute approximate surface area is 171 Å². The third-order valence-electron chi connectivity index (χ3n) is 5.94. The van der Waals surface area contributed by atoms with Crippen LogP contribution in [0.1, 0.15) is 41.2 Å². The SMILES string of the molecule is COc1cccc(C(=O)NCC2CCN(C3CC(c4cccnc4)NN3)CC2)c1. The summed E-state index contributed by atoms with van der Waals surface area (Å²) >= 11 is 0. The fourth-order valence-electron chi connectivity index (χ4n) is 4.15. The van der Waals surface area contributed by atoms with Gasteiger partial charge in [-0.2, -0.15) is 0 Å². The lowest BCUT2D eigenvalue weighted by Crippen LogP contribution is -2.49. The molecule has 2 aromatic rings. The maximum Gasteiger partial charge on any atom is 0.251 e. The molecule has 154 valence electrons. The zero-order chi connectivity index (χ0) is 20.1. The number of rotatable bonds is 6. The van der Waals surface area contributed by atoms with Crippen LogP contribution < -0.4 is 20.9 Å². The van der Waals surface area contributed by atoms with Crippen molar-refractivity contribution in [3.63, 3.8) is 0 Å². The van der Waals surface area contributed by atoms with E-state index in [9.17, 15) is 4.79 Å². The van der Waals surface area contributed by atoms with Crippen LogP contribution in [0.3, 0.4) is 0 Å². The Balaban J connectivity index is 1.21. The highest BCUT2D eigenvalue weighted by Crippen LogP contribution is 2.26. The first-order chi connectivity index (χ1) is 14.2. The number of aromatic nitrogens is 1. The molecule has 2 unspecified atom stereocenters. The topological polar surface area (TPSA) is 78.5 Å². The summed E-state index contributed by atoms with van der Waals surface area (Å²) in [5, 5.41) is 3.08. The molecule has 0 radical (unpaired) electrons. The summed E-state index contributed by atoms with van der Waals surface area (Å²) in [6.45, 7) is 2.80. The van der Waals surface area contributed by atoms with E-state index in [1.54, 1.807) is 19.4 Å².